The van der Waals surface area contributed by atoms with Crippen LogP contribution in [0, 0.1) is 5.92 Å². The molecule has 0 aliphatic rings. The number of hydrogen-bond acceptors (Lipinski definition) is 0. The number of allylic oxidation sites excluding steroid dienone is 1. The molecule has 1 unspecified atom stereocenters. The molecular weight excluding hydrogens is 180 g/mol. The van der Waals surface area contributed by atoms with E-state index in [1.54, 1.807) is 0 Å². The molecule has 0 heterocycles. The quantitative estimate of drug-likeness (QED) is 0.649. The summed E-state index contributed by atoms with van der Waals surface area (Å²) in [4.78, 5) is 0. The average molecular weight is 202 g/mol. The standard InChI is InChI=1S/C15H22/c1-5-13(4)6-7-14-8-10-15(11-9-14)12(2)3/h8-11,13H,2,5-7H2,1,3-4H3. The van der Waals surface area contributed by atoms with E-state index in [1.807, 2.05) is 6.92 Å². The molecule has 15 heavy (non-hydrogen) atoms. The van der Waals surface area contributed by atoms with Gasteiger partial charge in [-0.15, -0.1) is 0 Å². The van der Waals surface area contributed by atoms with Crippen LogP contribution in [0.5, 0.6) is 0 Å². The van der Waals surface area contributed by atoms with Gasteiger partial charge in [0.15, 0.2) is 0 Å². The molecule has 0 spiro atoms. The summed E-state index contributed by atoms with van der Waals surface area (Å²) >= 11 is 0. The minimum absolute atomic E-state index is 0.839. The van der Waals surface area contributed by atoms with Gasteiger partial charge in [0.1, 0.15) is 0 Å². The Labute approximate surface area is 94.0 Å². The highest BCUT2D eigenvalue weighted by atomic mass is 14.1. The molecule has 0 radical (unpaired) electrons. The minimum atomic E-state index is 0.839. The Morgan fingerprint density at radius 3 is 2.33 bits per heavy atom. The summed E-state index contributed by atoms with van der Waals surface area (Å²) in [7, 11) is 0. The zero-order valence-electron chi connectivity index (χ0n) is 10.2. The molecule has 1 rings (SSSR count). The fourth-order valence-electron chi connectivity index (χ4n) is 1.57. The van der Waals surface area contributed by atoms with Crippen LogP contribution in [0.4, 0.5) is 0 Å². The van der Waals surface area contributed by atoms with Gasteiger partial charge in [-0.25, -0.2) is 0 Å². The van der Waals surface area contributed by atoms with E-state index in [0.29, 0.717) is 0 Å². The molecule has 0 amide bonds. The molecule has 1 atom stereocenters. The van der Waals surface area contributed by atoms with Crippen molar-refractivity contribution < 1.29 is 0 Å². The Kier molecular flexibility index (Phi) is 4.61. The lowest BCUT2D eigenvalue weighted by Gasteiger charge is -2.08. The van der Waals surface area contributed by atoms with E-state index in [0.717, 1.165) is 11.5 Å². The van der Waals surface area contributed by atoms with Crippen molar-refractivity contribution in [2.45, 2.75) is 40.0 Å². The second-order valence-electron chi connectivity index (χ2n) is 4.53. The Morgan fingerprint density at radius 1 is 1.27 bits per heavy atom. The number of benzene rings is 1. The van der Waals surface area contributed by atoms with Gasteiger partial charge in [-0.05, 0) is 36.8 Å². The molecule has 0 N–H and O–H groups in total. The van der Waals surface area contributed by atoms with Crippen LogP contribution in [-0.2, 0) is 6.42 Å². The molecule has 0 fully saturated rings. The fraction of sp³-hybridized carbons (Fsp3) is 0.467. The van der Waals surface area contributed by atoms with Crippen molar-refractivity contribution in [1.82, 2.24) is 0 Å². The largest absolute Gasteiger partial charge is 0.0955 e. The van der Waals surface area contributed by atoms with E-state index in [9.17, 15) is 0 Å². The molecule has 0 saturated carbocycles. The van der Waals surface area contributed by atoms with Crippen LogP contribution in [0.1, 0.15) is 44.7 Å². The third-order valence-corrected chi connectivity index (χ3v) is 3.07. The third kappa shape index (κ3) is 3.91. The van der Waals surface area contributed by atoms with Gasteiger partial charge in [0.25, 0.3) is 0 Å². The highest BCUT2D eigenvalue weighted by Gasteiger charge is 2.00. The van der Waals surface area contributed by atoms with Gasteiger partial charge in [0.2, 0.25) is 0 Å². The van der Waals surface area contributed by atoms with Crippen LogP contribution in [0.2, 0.25) is 0 Å². The molecule has 0 nitrogen and oxygen atoms in total. The first-order valence-corrected chi connectivity index (χ1v) is 5.88. The molecule has 0 saturated heterocycles. The minimum Gasteiger partial charge on any atom is -0.0955 e. The number of aryl methyl sites for hydroxylation is 1. The van der Waals surface area contributed by atoms with Crippen molar-refractivity contribution in [1.29, 1.82) is 0 Å². The van der Waals surface area contributed by atoms with Crippen LogP contribution in [0.3, 0.4) is 0 Å². The molecular formula is C15H22. The number of rotatable bonds is 5. The average Bonchev–Trinajstić information content (AvgIpc) is 2.26. The van der Waals surface area contributed by atoms with Crippen molar-refractivity contribution in [2.75, 3.05) is 0 Å². The van der Waals surface area contributed by atoms with E-state index in [4.69, 9.17) is 0 Å². The van der Waals surface area contributed by atoms with E-state index < -0.39 is 0 Å². The normalized spacial score (nSPS) is 12.5. The maximum absolute atomic E-state index is 3.94. The van der Waals surface area contributed by atoms with E-state index in [-0.39, 0.29) is 0 Å². The highest BCUT2D eigenvalue weighted by Crippen LogP contribution is 2.15. The summed E-state index contributed by atoms with van der Waals surface area (Å²) in [6.07, 6.45) is 3.78. The van der Waals surface area contributed by atoms with E-state index >= 15 is 0 Å². The number of hydrogen-bond donors (Lipinski definition) is 0. The summed E-state index contributed by atoms with van der Waals surface area (Å²) in [5, 5.41) is 0. The molecule has 0 bridgehead atoms. The van der Waals surface area contributed by atoms with Crippen molar-refractivity contribution in [3.63, 3.8) is 0 Å². The lowest BCUT2D eigenvalue weighted by Crippen LogP contribution is -1.95. The van der Waals surface area contributed by atoms with Crippen molar-refractivity contribution >= 4 is 5.57 Å². The smallest absolute Gasteiger partial charge is 0.0233 e. The monoisotopic (exact) mass is 202 g/mol. The maximum Gasteiger partial charge on any atom is -0.0233 e. The Bertz CT molecular complexity index is 305. The molecule has 0 aliphatic carbocycles. The molecule has 1 aromatic rings. The first-order chi connectivity index (χ1) is 7.13. The predicted octanol–water partition coefficient (Wildman–Crippen LogP) is 4.70. The Balaban J connectivity index is 2.53. The maximum atomic E-state index is 3.94. The molecule has 0 aromatic heterocycles. The Morgan fingerprint density at radius 2 is 1.87 bits per heavy atom. The molecule has 0 heteroatoms. The van der Waals surface area contributed by atoms with Gasteiger partial charge in [-0.1, -0.05) is 56.7 Å². The SMILES string of the molecule is C=C(C)c1ccc(CCC(C)CC)cc1. The van der Waals surface area contributed by atoms with Gasteiger partial charge in [-0.3, -0.25) is 0 Å². The van der Waals surface area contributed by atoms with Gasteiger partial charge in [-0.2, -0.15) is 0 Å². The van der Waals surface area contributed by atoms with Gasteiger partial charge < -0.3 is 0 Å². The molecule has 82 valence electrons. The van der Waals surface area contributed by atoms with Crippen LogP contribution < -0.4 is 0 Å². The van der Waals surface area contributed by atoms with Crippen molar-refractivity contribution in [2.24, 2.45) is 5.92 Å². The van der Waals surface area contributed by atoms with Gasteiger partial charge >= 0.3 is 0 Å². The second-order valence-corrected chi connectivity index (χ2v) is 4.53. The molecule has 0 aliphatic heterocycles. The Hall–Kier alpha value is -1.04. The van der Waals surface area contributed by atoms with Gasteiger partial charge in [0, 0.05) is 0 Å². The zero-order chi connectivity index (χ0) is 11.3. The second kappa shape index (κ2) is 5.75. The lowest BCUT2D eigenvalue weighted by molar-refractivity contribution is 0.516. The van der Waals surface area contributed by atoms with E-state index in [1.165, 1.54) is 30.4 Å². The van der Waals surface area contributed by atoms with E-state index in [2.05, 4.69) is 44.7 Å². The van der Waals surface area contributed by atoms with Crippen LogP contribution in [-0.4, -0.2) is 0 Å². The third-order valence-electron chi connectivity index (χ3n) is 3.07. The summed E-state index contributed by atoms with van der Waals surface area (Å²) in [5.41, 5.74) is 3.84. The summed E-state index contributed by atoms with van der Waals surface area (Å²) in [6, 6.07) is 8.81. The molecule has 1 aromatic carbocycles. The van der Waals surface area contributed by atoms with Crippen LogP contribution >= 0.6 is 0 Å². The zero-order valence-corrected chi connectivity index (χ0v) is 10.2. The lowest BCUT2D eigenvalue weighted by atomic mass is 9.98. The summed E-state index contributed by atoms with van der Waals surface area (Å²) in [5.74, 6) is 0.839. The topological polar surface area (TPSA) is 0 Å². The summed E-state index contributed by atoms with van der Waals surface area (Å²) in [6.45, 7) is 10.6. The van der Waals surface area contributed by atoms with Crippen LogP contribution in [0.15, 0.2) is 30.8 Å². The van der Waals surface area contributed by atoms with Crippen molar-refractivity contribution in [3.8, 4) is 0 Å². The first kappa shape index (κ1) is 12.0. The van der Waals surface area contributed by atoms with Crippen molar-refractivity contribution in [3.05, 3.63) is 42.0 Å². The van der Waals surface area contributed by atoms with Gasteiger partial charge in [0.05, 0.1) is 0 Å². The fourth-order valence-corrected chi connectivity index (χ4v) is 1.57. The first-order valence-electron chi connectivity index (χ1n) is 5.88. The highest BCUT2D eigenvalue weighted by molar-refractivity contribution is 5.61. The summed E-state index contributed by atoms with van der Waals surface area (Å²) < 4.78 is 0. The predicted molar refractivity (Wildman–Crippen MR) is 68.9 cm³/mol. The van der Waals surface area contributed by atoms with Crippen LogP contribution in [0.25, 0.3) is 5.57 Å².